The Balaban J connectivity index is 1.85. The average Bonchev–Trinajstić information content (AvgIpc) is 3.30. The highest BCUT2D eigenvalue weighted by atomic mass is 32.1. The Morgan fingerprint density at radius 2 is 2.00 bits per heavy atom. The van der Waals surface area contributed by atoms with E-state index in [2.05, 4.69) is 20.3 Å². The first-order valence-electron chi connectivity index (χ1n) is 7.92. The molecule has 0 aliphatic heterocycles. The molecule has 1 amide bonds. The van der Waals surface area contributed by atoms with Crippen molar-refractivity contribution >= 4 is 50.7 Å². The lowest BCUT2D eigenvalue weighted by Gasteiger charge is -2.07. The minimum absolute atomic E-state index is 0.440. The highest BCUT2D eigenvalue weighted by Crippen LogP contribution is 2.31. The first-order chi connectivity index (χ1) is 12.7. The molecule has 4 rings (SSSR count). The second-order valence-electron chi connectivity index (χ2n) is 5.58. The molecule has 0 bridgehead atoms. The van der Waals surface area contributed by atoms with Gasteiger partial charge in [-0.2, -0.15) is 0 Å². The first-order valence-corrected chi connectivity index (χ1v) is 8.80. The van der Waals surface area contributed by atoms with Crippen molar-refractivity contribution in [3.63, 3.8) is 0 Å². The van der Waals surface area contributed by atoms with Crippen LogP contribution in [0.4, 0.5) is 10.8 Å². The molecule has 0 saturated heterocycles. The molecule has 0 atom stereocenters. The monoisotopic (exact) mass is 361 g/mol. The second kappa shape index (κ2) is 6.81. The van der Waals surface area contributed by atoms with E-state index in [0.717, 1.165) is 33.0 Å². The highest BCUT2D eigenvalue weighted by Gasteiger charge is 2.13. The quantitative estimate of drug-likeness (QED) is 0.471. The van der Waals surface area contributed by atoms with Gasteiger partial charge in [0.15, 0.2) is 5.13 Å². The maximum Gasteiger partial charge on any atom is 0.249 e. The average molecular weight is 361 g/mol. The summed E-state index contributed by atoms with van der Waals surface area (Å²) in [5.74, 6) is -0.483. The van der Waals surface area contributed by atoms with E-state index in [0.29, 0.717) is 5.57 Å². The Hall–Kier alpha value is -3.45. The summed E-state index contributed by atoms with van der Waals surface area (Å²) in [4.78, 5) is 23.8. The lowest BCUT2D eigenvalue weighted by molar-refractivity contribution is -0.112. The van der Waals surface area contributed by atoms with Gasteiger partial charge in [-0.05, 0) is 17.7 Å². The molecule has 0 unspecified atom stereocenters. The van der Waals surface area contributed by atoms with Crippen LogP contribution >= 0.6 is 11.3 Å². The SMILES string of the molecule is NC(=O)C(=Cc1c[nH]c2nccc(Nc3nccs3)c12)c1ccccc1. The number of thiazole rings is 1. The molecular weight excluding hydrogens is 346 g/mol. The fourth-order valence-corrected chi connectivity index (χ4v) is 3.31. The zero-order chi connectivity index (χ0) is 17.9. The number of rotatable bonds is 5. The molecule has 0 spiro atoms. The van der Waals surface area contributed by atoms with E-state index in [9.17, 15) is 4.79 Å². The highest BCUT2D eigenvalue weighted by molar-refractivity contribution is 7.13. The zero-order valence-corrected chi connectivity index (χ0v) is 14.5. The van der Waals surface area contributed by atoms with Gasteiger partial charge in [0.2, 0.25) is 5.91 Å². The summed E-state index contributed by atoms with van der Waals surface area (Å²) in [6.07, 6.45) is 7.06. The lowest BCUT2D eigenvalue weighted by Crippen LogP contribution is -2.12. The standard InChI is InChI=1S/C19H15N5OS/c20-17(25)14(12-4-2-1-3-5-12)10-13-11-23-18-16(13)15(6-7-21-18)24-19-22-8-9-26-19/h1-11H,(H2,20,25)(H2,21,22,23,24). The third-order valence-electron chi connectivity index (χ3n) is 3.93. The molecule has 0 aliphatic carbocycles. The van der Waals surface area contributed by atoms with E-state index in [4.69, 9.17) is 5.73 Å². The van der Waals surface area contributed by atoms with Crippen LogP contribution in [0.15, 0.2) is 60.4 Å². The van der Waals surface area contributed by atoms with Crippen molar-refractivity contribution < 1.29 is 4.79 Å². The summed E-state index contributed by atoms with van der Waals surface area (Å²) < 4.78 is 0. The maximum absolute atomic E-state index is 12.0. The number of aromatic nitrogens is 3. The van der Waals surface area contributed by atoms with Crippen molar-refractivity contribution in [3.8, 4) is 0 Å². The van der Waals surface area contributed by atoms with Crippen LogP contribution in [0.5, 0.6) is 0 Å². The number of amides is 1. The van der Waals surface area contributed by atoms with Crippen LogP contribution in [-0.4, -0.2) is 20.9 Å². The summed E-state index contributed by atoms with van der Waals surface area (Å²) in [6.45, 7) is 0. The number of pyridine rings is 1. The lowest BCUT2D eigenvalue weighted by atomic mass is 10.0. The number of nitrogens with zero attached hydrogens (tertiary/aromatic N) is 2. The molecule has 6 nitrogen and oxygen atoms in total. The summed E-state index contributed by atoms with van der Waals surface area (Å²) in [7, 11) is 0. The molecule has 7 heteroatoms. The largest absolute Gasteiger partial charge is 0.366 e. The number of hydrogen-bond acceptors (Lipinski definition) is 5. The van der Waals surface area contributed by atoms with Crippen LogP contribution in [0.2, 0.25) is 0 Å². The number of aromatic amines is 1. The zero-order valence-electron chi connectivity index (χ0n) is 13.6. The number of carbonyl (C=O) groups is 1. The van der Waals surface area contributed by atoms with Gasteiger partial charge in [-0.1, -0.05) is 30.3 Å². The Bertz CT molecular complexity index is 1080. The van der Waals surface area contributed by atoms with Gasteiger partial charge < -0.3 is 16.0 Å². The van der Waals surface area contributed by atoms with Crippen molar-refractivity contribution in [2.45, 2.75) is 0 Å². The van der Waals surface area contributed by atoms with Gasteiger partial charge in [-0.3, -0.25) is 4.79 Å². The minimum atomic E-state index is -0.483. The third kappa shape index (κ3) is 3.07. The normalized spacial score (nSPS) is 11.6. The molecule has 26 heavy (non-hydrogen) atoms. The predicted molar refractivity (Wildman–Crippen MR) is 105 cm³/mol. The molecule has 1 aromatic carbocycles. The van der Waals surface area contributed by atoms with E-state index in [1.165, 1.54) is 11.3 Å². The summed E-state index contributed by atoms with van der Waals surface area (Å²) in [6, 6.07) is 11.2. The van der Waals surface area contributed by atoms with Gasteiger partial charge in [-0.15, -0.1) is 11.3 Å². The van der Waals surface area contributed by atoms with E-state index in [-0.39, 0.29) is 0 Å². The molecular formula is C19H15N5OS. The Labute approximate surface area is 153 Å². The summed E-state index contributed by atoms with van der Waals surface area (Å²) in [5, 5.41) is 6.86. The molecule has 0 aliphatic rings. The van der Waals surface area contributed by atoms with Gasteiger partial charge in [0.1, 0.15) is 5.65 Å². The number of H-pyrrole nitrogens is 1. The number of carbonyl (C=O) groups excluding carboxylic acids is 1. The second-order valence-corrected chi connectivity index (χ2v) is 6.47. The van der Waals surface area contributed by atoms with E-state index in [1.807, 2.05) is 48.0 Å². The van der Waals surface area contributed by atoms with Crippen LogP contribution in [0.3, 0.4) is 0 Å². The molecule has 0 saturated carbocycles. The van der Waals surface area contributed by atoms with E-state index in [1.54, 1.807) is 18.5 Å². The third-order valence-corrected chi connectivity index (χ3v) is 4.62. The topological polar surface area (TPSA) is 96.7 Å². The smallest absolute Gasteiger partial charge is 0.249 e. The van der Waals surface area contributed by atoms with Crippen LogP contribution in [0, 0.1) is 0 Å². The van der Waals surface area contributed by atoms with Gasteiger partial charge in [0.25, 0.3) is 0 Å². The van der Waals surface area contributed by atoms with Gasteiger partial charge in [0.05, 0.1) is 5.69 Å². The summed E-state index contributed by atoms with van der Waals surface area (Å²) >= 11 is 1.51. The number of nitrogens with one attached hydrogen (secondary N) is 2. The van der Waals surface area contributed by atoms with Gasteiger partial charge in [0, 0.05) is 40.5 Å². The van der Waals surface area contributed by atoms with Crippen molar-refractivity contribution in [1.82, 2.24) is 15.0 Å². The van der Waals surface area contributed by atoms with Crippen LogP contribution in [0.25, 0.3) is 22.7 Å². The number of nitrogens with two attached hydrogens (primary N) is 1. The summed E-state index contributed by atoms with van der Waals surface area (Å²) in [5.41, 5.74) is 9.23. The number of benzene rings is 1. The van der Waals surface area contributed by atoms with Crippen LogP contribution in [0.1, 0.15) is 11.1 Å². The Morgan fingerprint density at radius 3 is 2.73 bits per heavy atom. The van der Waals surface area contributed by atoms with Crippen LogP contribution in [-0.2, 0) is 4.79 Å². The molecule has 4 N–H and O–H groups in total. The minimum Gasteiger partial charge on any atom is -0.366 e. The molecule has 0 fully saturated rings. The Kier molecular flexibility index (Phi) is 4.20. The van der Waals surface area contributed by atoms with E-state index < -0.39 is 5.91 Å². The van der Waals surface area contributed by atoms with E-state index >= 15 is 0 Å². The maximum atomic E-state index is 12.0. The fraction of sp³-hybridized carbons (Fsp3) is 0. The molecule has 3 heterocycles. The number of anilines is 2. The van der Waals surface area contributed by atoms with Crippen molar-refractivity contribution in [3.05, 3.63) is 71.5 Å². The molecule has 3 aromatic heterocycles. The number of hydrogen-bond donors (Lipinski definition) is 3. The molecule has 128 valence electrons. The molecule has 4 aromatic rings. The van der Waals surface area contributed by atoms with Gasteiger partial charge >= 0.3 is 0 Å². The number of primary amides is 1. The van der Waals surface area contributed by atoms with Crippen LogP contribution < -0.4 is 11.1 Å². The van der Waals surface area contributed by atoms with Gasteiger partial charge in [-0.25, -0.2) is 9.97 Å². The van der Waals surface area contributed by atoms with Crippen molar-refractivity contribution in [2.75, 3.05) is 5.32 Å². The first kappa shape index (κ1) is 16.0. The Morgan fingerprint density at radius 1 is 1.15 bits per heavy atom. The fourth-order valence-electron chi connectivity index (χ4n) is 2.77. The molecule has 0 radical (unpaired) electrons. The van der Waals surface area contributed by atoms with Crippen molar-refractivity contribution in [2.24, 2.45) is 5.73 Å². The number of fused-ring (bicyclic) bond motifs is 1. The predicted octanol–water partition coefficient (Wildman–Crippen LogP) is 3.79. The van der Waals surface area contributed by atoms with Crippen molar-refractivity contribution in [1.29, 1.82) is 0 Å².